The molecule has 0 unspecified atom stereocenters. The van der Waals surface area contributed by atoms with Crippen molar-refractivity contribution >= 4 is 12.4 Å². The van der Waals surface area contributed by atoms with Crippen molar-refractivity contribution in [1.82, 2.24) is 10.3 Å². The van der Waals surface area contributed by atoms with E-state index in [1.807, 2.05) is 7.05 Å². The maximum absolute atomic E-state index is 9.66. The molecule has 0 aliphatic rings. The molecule has 9 heavy (non-hydrogen) atoms. The summed E-state index contributed by atoms with van der Waals surface area (Å²) in [6.45, 7) is 1.46. The van der Waals surface area contributed by atoms with E-state index in [0.29, 0.717) is 6.54 Å². The van der Waals surface area contributed by atoms with E-state index in [9.17, 15) is 4.91 Å². The average molecular weight is 154 g/mol. The highest BCUT2D eigenvalue weighted by Crippen LogP contribution is 1.76. The molecular weight excluding hydrogens is 142 g/mol. The van der Waals surface area contributed by atoms with Crippen molar-refractivity contribution in [2.24, 2.45) is 5.29 Å². The van der Waals surface area contributed by atoms with Gasteiger partial charge in [-0.15, -0.1) is 17.3 Å². The fraction of sp³-hybridized carbons (Fsp3) is 1.00. The van der Waals surface area contributed by atoms with Gasteiger partial charge in [-0.25, -0.2) is 0 Å². The first-order valence-electron chi connectivity index (χ1n) is 2.50. The molecule has 0 aliphatic heterocycles. The Balaban J connectivity index is 0. The highest BCUT2D eigenvalue weighted by Gasteiger charge is 1.88. The van der Waals surface area contributed by atoms with E-state index in [2.05, 4.69) is 10.6 Å². The molecular formula is C4H12ClN3O. The van der Waals surface area contributed by atoms with E-state index in [4.69, 9.17) is 0 Å². The van der Waals surface area contributed by atoms with E-state index < -0.39 is 0 Å². The van der Waals surface area contributed by atoms with Crippen molar-refractivity contribution in [2.75, 3.05) is 27.2 Å². The monoisotopic (exact) mass is 153 g/mol. The van der Waals surface area contributed by atoms with E-state index >= 15 is 0 Å². The zero-order chi connectivity index (χ0) is 6.41. The van der Waals surface area contributed by atoms with Crippen LogP contribution in [0.25, 0.3) is 0 Å². The van der Waals surface area contributed by atoms with Gasteiger partial charge in [-0.05, 0) is 7.05 Å². The number of likely N-dealkylation sites (N-methyl/N-ethyl adjacent to an activating group) is 2. The zero-order valence-electron chi connectivity index (χ0n) is 5.63. The van der Waals surface area contributed by atoms with Crippen LogP contribution in [0.4, 0.5) is 0 Å². The zero-order valence-corrected chi connectivity index (χ0v) is 6.44. The van der Waals surface area contributed by atoms with Gasteiger partial charge < -0.3 is 5.32 Å². The topological polar surface area (TPSA) is 44.7 Å². The number of halogens is 1. The molecule has 4 nitrogen and oxygen atoms in total. The molecule has 0 atom stereocenters. The van der Waals surface area contributed by atoms with Gasteiger partial charge in [0.2, 0.25) is 0 Å². The first kappa shape index (κ1) is 11.4. The van der Waals surface area contributed by atoms with Crippen LogP contribution in [0.3, 0.4) is 0 Å². The second-order valence-corrected chi connectivity index (χ2v) is 1.57. The van der Waals surface area contributed by atoms with Gasteiger partial charge in [0.1, 0.15) is 0 Å². The Kier molecular flexibility index (Phi) is 9.73. The minimum absolute atomic E-state index is 0. The molecule has 0 heterocycles. The van der Waals surface area contributed by atoms with Gasteiger partial charge in [-0.2, -0.15) is 0 Å². The standard InChI is InChI=1S/C4H11N3O.ClH/c1-5-3-4-7(2)6-8;/h5H,3-4H2,1-2H3;1H. The molecule has 0 aromatic heterocycles. The summed E-state index contributed by atoms with van der Waals surface area (Å²) in [7, 11) is 3.48. The normalized spacial score (nSPS) is 7.78. The Morgan fingerprint density at radius 2 is 2.22 bits per heavy atom. The van der Waals surface area contributed by atoms with Gasteiger partial charge in [0.25, 0.3) is 0 Å². The van der Waals surface area contributed by atoms with Gasteiger partial charge in [0, 0.05) is 13.6 Å². The molecule has 0 saturated carbocycles. The summed E-state index contributed by atoms with van der Waals surface area (Å²) >= 11 is 0. The molecule has 0 rings (SSSR count). The molecule has 0 saturated heterocycles. The summed E-state index contributed by atoms with van der Waals surface area (Å²) in [6, 6.07) is 0. The minimum atomic E-state index is 0. The first-order valence-corrected chi connectivity index (χ1v) is 2.50. The predicted octanol–water partition coefficient (Wildman–Crippen LogP) is 0.241. The Bertz CT molecular complexity index is 70.8. The number of rotatable bonds is 4. The third-order valence-corrected chi connectivity index (χ3v) is 0.825. The summed E-state index contributed by atoms with van der Waals surface area (Å²) in [5.41, 5.74) is 0. The molecule has 0 aromatic carbocycles. The highest BCUT2D eigenvalue weighted by atomic mass is 35.5. The molecule has 0 aliphatic carbocycles. The SMILES string of the molecule is CNCCN(C)N=O.Cl. The summed E-state index contributed by atoms with van der Waals surface area (Å²) in [5, 5.41) is 6.91. The second kappa shape index (κ2) is 7.65. The maximum Gasteiger partial charge on any atom is 0.0521 e. The van der Waals surface area contributed by atoms with Crippen molar-refractivity contribution in [2.45, 2.75) is 0 Å². The summed E-state index contributed by atoms with van der Waals surface area (Å²) in [6.07, 6.45) is 0. The molecule has 0 amide bonds. The van der Waals surface area contributed by atoms with Crippen LogP contribution in [0.1, 0.15) is 0 Å². The first-order chi connectivity index (χ1) is 3.81. The molecule has 0 fully saturated rings. The summed E-state index contributed by atoms with van der Waals surface area (Å²) in [4.78, 5) is 9.66. The molecule has 5 heteroatoms. The lowest BCUT2D eigenvalue weighted by atomic mass is 10.6. The van der Waals surface area contributed by atoms with E-state index in [-0.39, 0.29) is 12.4 Å². The van der Waals surface area contributed by atoms with Crippen LogP contribution in [0.15, 0.2) is 5.29 Å². The lowest BCUT2D eigenvalue weighted by Gasteiger charge is -2.05. The number of hydrogen-bond donors (Lipinski definition) is 1. The third kappa shape index (κ3) is 7.65. The smallest absolute Gasteiger partial charge is 0.0521 e. The maximum atomic E-state index is 9.66. The van der Waals surface area contributed by atoms with E-state index in [0.717, 1.165) is 6.54 Å². The minimum Gasteiger partial charge on any atom is -0.318 e. The lowest BCUT2D eigenvalue weighted by Crippen LogP contribution is -2.22. The molecule has 0 radical (unpaired) electrons. The lowest BCUT2D eigenvalue weighted by molar-refractivity contribution is 0.350. The van der Waals surface area contributed by atoms with E-state index in [1.54, 1.807) is 7.05 Å². The molecule has 1 N–H and O–H groups in total. The number of nitrogens with zero attached hydrogens (tertiary/aromatic N) is 2. The van der Waals surface area contributed by atoms with Crippen molar-refractivity contribution in [1.29, 1.82) is 0 Å². The van der Waals surface area contributed by atoms with Gasteiger partial charge in [-0.1, -0.05) is 0 Å². The number of nitroso groups, excluding NO2 is 1. The quantitative estimate of drug-likeness (QED) is 0.465. The van der Waals surface area contributed by atoms with Gasteiger partial charge in [0.05, 0.1) is 11.8 Å². The van der Waals surface area contributed by atoms with Crippen LogP contribution < -0.4 is 5.32 Å². The fourth-order valence-electron chi connectivity index (χ4n) is 0.314. The van der Waals surface area contributed by atoms with Gasteiger partial charge in [-0.3, -0.25) is 5.01 Å². The Labute approximate surface area is 61.0 Å². The van der Waals surface area contributed by atoms with Gasteiger partial charge >= 0.3 is 0 Å². The summed E-state index contributed by atoms with van der Waals surface area (Å²) in [5.74, 6) is 0. The largest absolute Gasteiger partial charge is 0.318 e. The van der Waals surface area contributed by atoms with E-state index in [1.165, 1.54) is 5.01 Å². The van der Waals surface area contributed by atoms with Crippen molar-refractivity contribution < 1.29 is 0 Å². The number of hydrogen-bond acceptors (Lipinski definition) is 3. The van der Waals surface area contributed by atoms with Crippen molar-refractivity contribution in [3.05, 3.63) is 4.91 Å². The molecule has 0 spiro atoms. The van der Waals surface area contributed by atoms with Crippen molar-refractivity contribution in [3.8, 4) is 0 Å². The van der Waals surface area contributed by atoms with Gasteiger partial charge in [0.15, 0.2) is 0 Å². The van der Waals surface area contributed by atoms with Crippen molar-refractivity contribution in [3.63, 3.8) is 0 Å². The van der Waals surface area contributed by atoms with Crippen LogP contribution in [0.5, 0.6) is 0 Å². The molecule has 0 aromatic rings. The van der Waals surface area contributed by atoms with Crippen LogP contribution in [0.2, 0.25) is 0 Å². The van der Waals surface area contributed by atoms with Crippen LogP contribution in [0, 0.1) is 4.91 Å². The second-order valence-electron chi connectivity index (χ2n) is 1.57. The molecule has 0 bridgehead atoms. The number of nitrogens with one attached hydrogen (secondary N) is 1. The Morgan fingerprint density at radius 1 is 1.67 bits per heavy atom. The Hall–Kier alpha value is -0.350. The molecule has 56 valence electrons. The summed E-state index contributed by atoms with van der Waals surface area (Å²) < 4.78 is 0. The average Bonchev–Trinajstić information content (AvgIpc) is 1.83. The fourth-order valence-corrected chi connectivity index (χ4v) is 0.314. The highest BCUT2D eigenvalue weighted by molar-refractivity contribution is 5.85. The van der Waals surface area contributed by atoms with Crippen LogP contribution in [-0.2, 0) is 0 Å². The van der Waals surface area contributed by atoms with Crippen LogP contribution >= 0.6 is 12.4 Å². The Morgan fingerprint density at radius 3 is 2.56 bits per heavy atom. The third-order valence-electron chi connectivity index (χ3n) is 0.825. The van der Waals surface area contributed by atoms with Crippen LogP contribution in [-0.4, -0.2) is 32.2 Å². The predicted molar refractivity (Wildman–Crippen MR) is 39.6 cm³/mol.